The molecule has 0 spiro atoms. The minimum Gasteiger partial charge on any atom is -0.465 e. The molecule has 1 saturated heterocycles. The Morgan fingerprint density at radius 1 is 1.14 bits per heavy atom. The molecule has 1 fully saturated rings. The zero-order valence-electron chi connectivity index (χ0n) is 16.3. The number of amides is 1. The van der Waals surface area contributed by atoms with E-state index < -0.39 is 0 Å². The highest BCUT2D eigenvalue weighted by atomic mass is 35.5. The summed E-state index contributed by atoms with van der Waals surface area (Å²) >= 11 is 12.1. The van der Waals surface area contributed by atoms with E-state index in [0.29, 0.717) is 21.3 Å². The van der Waals surface area contributed by atoms with Crippen molar-refractivity contribution in [1.29, 1.82) is 0 Å². The average molecular weight is 436 g/mol. The van der Waals surface area contributed by atoms with Crippen LogP contribution in [0.3, 0.4) is 0 Å². The van der Waals surface area contributed by atoms with Gasteiger partial charge in [-0.25, -0.2) is 4.79 Å². The van der Waals surface area contributed by atoms with Crippen LogP contribution >= 0.6 is 23.2 Å². The molecule has 29 heavy (non-hydrogen) atoms. The number of carbonyl (C=O) groups excluding carboxylic acids is 2. The summed E-state index contributed by atoms with van der Waals surface area (Å²) in [6.45, 7) is 4.68. The lowest BCUT2D eigenvalue weighted by Crippen LogP contribution is -2.53. The molecule has 2 aromatic rings. The van der Waals surface area contributed by atoms with Gasteiger partial charge in [0.25, 0.3) is 0 Å². The number of hydrogen-bond acceptors (Lipinski definition) is 5. The molecule has 1 N–H and O–H groups in total. The fraction of sp³-hybridized carbons (Fsp3) is 0.333. The molecule has 1 aliphatic heterocycles. The summed E-state index contributed by atoms with van der Waals surface area (Å²) in [6, 6.07) is 12.7. The summed E-state index contributed by atoms with van der Waals surface area (Å²) in [5.41, 5.74) is 2.08. The molecule has 2 aromatic carbocycles. The second-order valence-corrected chi connectivity index (χ2v) is 7.74. The van der Waals surface area contributed by atoms with Crippen molar-refractivity contribution in [3.8, 4) is 0 Å². The number of rotatable bonds is 5. The molecule has 0 saturated carbocycles. The normalized spacial score (nSPS) is 17.1. The Balaban J connectivity index is 1.56. The number of esters is 1. The van der Waals surface area contributed by atoms with Crippen LogP contribution in [-0.2, 0) is 9.53 Å². The summed E-state index contributed by atoms with van der Waals surface area (Å²) in [5.74, 6) is -0.475. The largest absolute Gasteiger partial charge is 0.465 e. The predicted molar refractivity (Wildman–Crippen MR) is 116 cm³/mol. The van der Waals surface area contributed by atoms with E-state index in [0.717, 1.165) is 25.3 Å². The van der Waals surface area contributed by atoms with Crippen molar-refractivity contribution in [2.75, 3.05) is 43.5 Å². The lowest BCUT2D eigenvalue weighted by molar-refractivity contribution is -0.117. The van der Waals surface area contributed by atoms with Gasteiger partial charge in [-0.15, -0.1) is 0 Å². The minimum absolute atomic E-state index is 0.128. The fourth-order valence-electron chi connectivity index (χ4n) is 3.37. The van der Waals surface area contributed by atoms with Gasteiger partial charge in [0.1, 0.15) is 0 Å². The van der Waals surface area contributed by atoms with Crippen LogP contribution in [0.2, 0.25) is 10.0 Å². The lowest BCUT2D eigenvalue weighted by Gasteiger charge is -2.40. The molecule has 8 heteroatoms. The average Bonchev–Trinajstić information content (AvgIpc) is 2.72. The second kappa shape index (κ2) is 9.48. The Morgan fingerprint density at radius 3 is 2.52 bits per heavy atom. The van der Waals surface area contributed by atoms with Gasteiger partial charge in [0.2, 0.25) is 5.91 Å². The van der Waals surface area contributed by atoms with Gasteiger partial charge in [-0.3, -0.25) is 9.69 Å². The number of benzene rings is 2. The van der Waals surface area contributed by atoms with Crippen molar-refractivity contribution in [2.24, 2.45) is 0 Å². The molecule has 3 rings (SSSR count). The van der Waals surface area contributed by atoms with E-state index in [2.05, 4.69) is 22.0 Å². The van der Waals surface area contributed by atoms with Crippen LogP contribution in [0.4, 0.5) is 11.4 Å². The topological polar surface area (TPSA) is 61.9 Å². The highest BCUT2D eigenvalue weighted by Crippen LogP contribution is 2.29. The van der Waals surface area contributed by atoms with E-state index in [-0.39, 0.29) is 24.5 Å². The molecule has 0 bridgehead atoms. The van der Waals surface area contributed by atoms with E-state index in [9.17, 15) is 9.59 Å². The van der Waals surface area contributed by atoms with Crippen LogP contribution in [0.1, 0.15) is 17.3 Å². The summed E-state index contributed by atoms with van der Waals surface area (Å²) in [5, 5.41) is 3.58. The van der Waals surface area contributed by atoms with Crippen molar-refractivity contribution in [3.05, 3.63) is 58.1 Å². The number of halogens is 2. The molecule has 154 valence electrons. The van der Waals surface area contributed by atoms with Gasteiger partial charge in [-0.1, -0.05) is 29.3 Å². The molecule has 1 unspecified atom stereocenters. The fourth-order valence-corrected chi connectivity index (χ4v) is 3.71. The van der Waals surface area contributed by atoms with E-state index in [4.69, 9.17) is 27.9 Å². The molecule has 1 aliphatic rings. The van der Waals surface area contributed by atoms with Gasteiger partial charge in [0.15, 0.2) is 0 Å². The number of nitrogens with one attached hydrogen (secondary N) is 1. The van der Waals surface area contributed by atoms with E-state index in [1.54, 1.807) is 30.3 Å². The van der Waals surface area contributed by atoms with Crippen LogP contribution < -0.4 is 10.2 Å². The monoisotopic (exact) mass is 435 g/mol. The number of anilines is 2. The quantitative estimate of drug-likeness (QED) is 0.720. The Hall–Kier alpha value is -2.28. The number of nitrogens with zero attached hydrogens (tertiary/aromatic N) is 2. The smallest absolute Gasteiger partial charge is 0.337 e. The summed E-state index contributed by atoms with van der Waals surface area (Å²) < 4.78 is 4.73. The summed E-state index contributed by atoms with van der Waals surface area (Å²) in [7, 11) is 1.37. The second-order valence-electron chi connectivity index (χ2n) is 6.95. The third kappa shape index (κ3) is 5.21. The minimum atomic E-state index is -0.347. The van der Waals surface area contributed by atoms with Gasteiger partial charge >= 0.3 is 5.97 Å². The highest BCUT2D eigenvalue weighted by Gasteiger charge is 2.26. The van der Waals surface area contributed by atoms with E-state index >= 15 is 0 Å². The Kier molecular flexibility index (Phi) is 7.00. The van der Waals surface area contributed by atoms with Crippen molar-refractivity contribution >= 4 is 46.5 Å². The van der Waals surface area contributed by atoms with E-state index in [1.165, 1.54) is 7.11 Å². The zero-order chi connectivity index (χ0) is 21.0. The number of hydrogen-bond donors (Lipinski definition) is 1. The van der Waals surface area contributed by atoms with Crippen LogP contribution in [0.5, 0.6) is 0 Å². The number of piperazine rings is 1. The maximum Gasteiger partial charge on any atom is 0.337 e. The van der Waals surface area contributed by atoms with E-state index in [1.807, 2.05) is 12.1 Å². The van der Waals surface area contributed by atoms with Gasteiger partial charge in [0.05, 0.1) is 35.0 Å². The van der Waals surface area contributed by atoms with Crippen molar-refractivity contribution in [3.63, 3.8) is 0 Å². The van der Waals surface area contributed by atoms with Gasteiger partial charge < -0.3 is 15.0 Å². The molecule has 0 aliphatic carbocycles. The van der Waals surface area contributed by atoms with Crippen molar-refractivity contribution in [2.45, 2.75) is 13.0 Å². The van der Waals surface area contributed by atoms with Crippen LogP contribution in [0.15, 0.2) is 42.5 Å². The molecule has 0 radical (unpaired) electrons. The number of methoxy groups -OCH3 is 1. The van der Waals surface area contributed by atoms with Crippen LogP contribution in [0.25, 0.3) is 0 Å². The summed E-state index contributed by atoms with van der Waals surface area (Å²) in [6.07, 6.45) is 0. The Morgan fingerprint density at radius 2 is 1.86 bits per heavy atom. The maximum absolute atomic E-state index is 12.5. The van der Waals surface area contributed by atoms with Crippen LogP contribution in [-0.4, -0.2) is 56.1 Å². The van der Waals surface area contributed by atoms with Gasteiger partial charge in [-0.05, 0) is 43.3 Å². The first-order valence-corrected chi connectivity index (χ1v) is 10.1. The van der Waals surface area contributed by atoms with Crippen LogP contribution in [0, 0.1) is 0 Å². The van der Waals surface area contributed by atoms with Gasteiger partial charge in [-0.2, -0.15) is 0 Å². The number of ether oxygens (including phenoxy) is 1. The molecule has 1 atom stereocenters. The highest BCUT2D eigenvalue weighted by molar-refractivity contribution is 6.44. The molecular formula is C21H23Cl2N3O3. The Bertz CT molecular complexity index is 889. The standard InChI is InChI=1S/C21H23Cl2N3O3/c1-14-12-26(16-8-6-15(7-9-16)21(28)29-2)11-10-25(14)13-19(27)24-18-5-3-4-17(22)20(18)23/h3-9,14H,10-13H2,1-2H3,(H,24,27). The maximum atomic E-state index is 12.5. The predicted octanol–water partition coefficient (Wildman–Crippen LogP) is 3.93. The molecule has 6 nitrogen and oxygen atoms in total. The molecule has 1 amide bonds. The van der Waals surface area contributed by atoms with Crippen molar-refractivity contribution < 1.29 is 14.3 Å². The zero-order valence-corrected chi connectivity index (χ0v) is 17.8. The Labute approximate surface area is 180 Å². The molecular weight excluding hydrogens is 413 g/mol. The molecule has 0 aromatic heterocycles. The van der Waals surface area contributed by atoms with Crippen molar-refractivity contribution in [1.82, 2.24) is 4.90 Å². The lowest BCUT2D eigenvalue weighted by atomic mass is 10.1. The number of carbonyl (C=O) groups is 2. The first-order chi connectivity index (χ1) is 13.9. The first kappa shape index (κ1) is 21.4. The third-order valence-corrected chi connectivity index (χ3v) is 5.81. The molecule has 1 heterocycles. The van der Waals surface area contributed by atoms with Gasteiger partial charge in [0, 0.05) is 31.4 Å². The first-order valence-electron chi connectivity index (χ1n) is 9.30. The summed E-state index contributed by atoms with van der Waals surface area (Å²) in [4.78, 5) is 28.4. The third-order valence-electron chi connectivity index (χ3n) is 4.99. The SMILES string of the molecule is COC(=O)c1ccc(N2CCN(CC(=O)Nc3cccc(Cl)c3Cl)C(C)C2)cc1.